The highest BCUT2D eigenvalue weighted by Gasteiger charge is 2.38. The van der Waals surface area contributed by atoms with Gasteiger partial charge < -0.3 is 20.6 Å². The lowest BCUT2D eigenvalue weighted by atomic mass is 9.91. The van der Waals surface area contributed by atoms with E-state index in [9.17, 15) is 41.1 Å². The molecule has 16 heteroatoms. The van der Waals surface area contributed by atoms with E-state index < -0.39 is 56.9 Å². The van der Waals surface area contributed by atoms with Gasteiger partial charge in [0.1, 0.15) is 0 Å². The third kappa shape index (κ3) is 8.14. The Morgan fingerprint density at radius 3 is 2.52 bits per heavy atom. The molecular formula is C30H35Cl2F3N4O6S. The zero-order chi connectivity index (χ0) is 34.0. The number of rotatable bonds is 9. The van der Waals surface area contributed by atoms with E-state index in [0.29, 0.717) is 38.4 Å². The first kappa shape index (κ1) is 35.9. The van der Waals surface area contributed by atoms with E-state index in [4.69, 9.17) is 23.2 Å². The van der Waals surface area contributed by atoms with E-state index in [-0.39, 0.29) is 57.5 Å². The summed E-state index contributed by atoms with van der Waals surface area (Å²) in [5.41, 5.74) is -1.90. The van der Waals surface area contributed by atoms with E-state index in [1.807, 2.05) is 0 Å². The lowest BCUT2D eigenvalue weighted by Gasteiger charge is -2.35. The van der Waals surface area contributed by atoms with Crippen molar-refractivity contribution in [2.45, 2.75) is 49.8 Å². The van der Waals surface area contributed by atoms with Gasteiger partial charge in [-0.2, -0.15) is 13.2 Å². The van der Waals surface area contributed by atoms with Gasteiger partial charge in [0.15, 0.2) is 9.84 Å². The molecule has 0 aromatic heterocycles. The summed E-state index contributed by atoms with van der Waals surface area (Å²) in [7, 11) is -2.58. The lowest BCUT2D eigenvalue weighted by molar-refractivity contribution is -0.144. The van der Waals surface area contributed by atoms with Crippen LogP contribution in [0.3, 0.4) is 0 Å². The van der Waals surface area contributed by atoms with Gasteiger partial charge in [-0.3, -0.25) is 19.3 Å². The maximum Gasteiger partial charge on any atom is 0.416 e. The van der Waals surface area contributed by atoms with Crippen molar-refractivity contribution in [2.75, 3.05) is 43.9 Å². The van der Waals surface area contributed by atoms with Crippen LogP contribution in [0.25, 0.3) is 0 Å². The number of amides is 2. The number of benzene rings is 2. The Morgan fingerprint density at radius 2 is 1.87 bits per heavy atom. The molecule has 0 aliphatic carbocycles. The molecule has 3 N–H and O–H groups in total. The molecule has 2 aliphatic heterocycles. The van der Waals surface area contributed by atoms with Gasteiger partial charge in [0.05, 0.1) is 33.7 Å². The largest absolute Gasteiger partial charge is 0.481 e. The Bertz CT molecular complexity index is 1610. The smallest absolute Gasteiger partial charge is 0.416 e. The number of hydrogen-bond acceptors (Lipinski definition) is 7. The highest BCUT2D eigenvalue weighted by atomic mass is 35.5. The number of carboxylic acid groups (broad SMARTS) is 1. The molecule has 0 radical (unpaired) electrons. The number of nitrogens with one attached hydrogen (secondary N) is 2. The molecule has 2 unspecified atom stereocenters. The van der Waals surface area contributed by atoms with E-state index in [1.54, 1.807) is 4.90 Å². The van der Waals surface area contributed by atoms with E-state index >= 15 is 0 Å². The van der Waals surface area contributed by atoms with Crippen LogP contribution in [0.2, 0.25) is 10.0 Å². The number of carbonyl (C=O) groups is 3. The summed E-state index contributed by atoms with van der Waals surface area (Å²) >= 11 is 12.5. The van der Waals surface area contributed by atoms with E-state index in [2.05, 4.69) is 10.6 Å². The van der Waals surface area contributed by atoms with Gasteiger partial charge in [-0.05, 0) is 68.2 Å². The normalized spacial score (nSPS) is 21.1. The van der Waals surface area contributed by atoms with Crippen molar-refractivity contribution in [3.63, 3.8) is 0 Å². The Balaban J connectivity index is 1.57. The second kappa shape index (κ2) is 14.5. The molecule has 10 nitrogen and oxygen atoms in total. The number of hydrogen-bond donors (Lipinski definition) is 3. The van der Waals surface area contributed by atoms with Gasteiger partial charge in [-0.1, -0.05) is 30.1 Å². The Morgan fingerprint density at radius 1 is 1.15 bits per heavy atom. The van der Waals surface area contributed by atoms with Crippen LogP contribution in [0.5, 0.6) is 0 Å². The quantitative estimate of drug-likeness (QED) is 0.348. The van der Waals surface area contributed by atoms with Crippen LogP contribution in [0.1, 0.15) is 47.7 Å². The maximum absolute atomic E-state index is 14.4. The molecule has 2 aromatic rings. The molecule has 0 bridgehead atoms. The summed E-state index contributed by atoms with van der Waals surface area (Å²) in [6.07, 6.45) is -3.44. The number of carboxylic acids is 1. The number of carbonyl (C=O) groups excluding carboxylic acids is 2. The molecule has 2 amide bonds. The monoisotopic (exact) mass is 706 g/mol. The van der Waals surface area contributed by atoms with E-state index in [1.165, 1.54) is 32.2 Å². The van der Waals surface area contributed by atoms with Crippen molar-refractivity contribution >= 4 is 56.5 Å². The van der Waals surface area contributed by atoms with Gasteiger partial charge in [-0.15, -0.1) is 0 Å². The Labute approximate surface area is 275 Å². The van der Waals surface area contributed by atoms with Gasteiger partial charge in [0, 0.05) is 48.3 Å². The number of likely N-dealkylation sites (tertiary alicyclic amines) is 1. The summed E-state index contributed by atoms with van der Waals surface area (Å²) in [5, 5.41) is 15.1. The average molecular weight is 708 g/mol. The highest BCUT2D eigenvalue weighted by molar-refractivity contribution is 7.91. The molecule has 4 rings (SSSR count). The maximum atomic E-state index is 14.4. The zero-order valence-electron chi connectivity index (χ0n) is 25.2. The molecule has 2 heterocycles. The zero-order valence-corrected chi connectivity index (χ0v) is 27.5. The minimum absolute atomic E-state index is 0.0927. The summed E-state index contributed by atoms with van der Waals surface area (Å²) in [6, 6.07) is 5.07. The fourth-order valence-corrected chi connectivity index (χ4v) is 7.42. The second-order valence-electron chi connectivity index (χ2n) is 11.5. The highest BCUT2D eigenvalue weighted by Crippen LogP contribution is 2.38. The van der Waals surface area contributed by atoms with Crippen LogP contribution < -0.4 is 15.5 Å². The van der Waals surface area contributed by atoms with Crippen molar-refractivity contribution in [2.24, 2.45) is 11.8 Å². The van der Waals surface area contributed by atoms with Gasteiger partial charge in [-0.25, -0.2) is 8.42 Å². The van der Waals surface area contributed by atoms with Crippen LogP contribution in [0.4, 0.5) is 18.9 Å². The Kier molecular flexibility index (Phi) is 11.3. The van der Waals surface area contributed by atoms with Gasteiger partial charge >= 0.3 is 12.1 Å². The molecule has 2 aliphatic rings. The van der Waals surface area contributed by atoms with Crippen LogP contribution >= 0.6 is 23.2 Å². The number of nitrogens with zero attached hydrogens (tertiary/aromatic N) is 2. The number of aliphatic carboxylic acids is 1. The van der Waals surface area contributed by atoms with Crippen molar-refractivity contribution in [3.05, 3.63) is 57.1 Å². The molecule has 252 valence electrons. The Hall–Kier alpha value is -2.91. The fourth-order valence-electron chi connectivity index (χ4n) is 5.88. The first-order chi connectivity index (χ1) is 21.5. The first-order valence-electron chi connectivity index (χ1n) is 14.7. The summed E-state index contributed by atoms with van der Waals surface area (Å²) in [4.78, 5) is 40.6. The molecule has 2 fully saturated rings. The van der Waals surface area contributed by atoms with E-state index in [0.717, 1.165) is 11.0 Å². The minimum Gasteiger partial charge on any atom is -0.481 e. The predicted octanol–water partition coefficient (Wildman–Crippen LogP) is 4.47. The third-order valence-electron chi connectivity index (χ3n) is 8.43. The number of anilines is 1. The van der Waals surface area contributed by atoms with Crippen molar-refractivity contribution < 1.29 is 41.1 Å². The molecule has 2 aromatic carbocycles. The number of halogens is 5. The summed E-state index contributed by atoms with van der Waals surface area (Å²) in [5.74, 6) is -3.92. The van der Waals surface area contributed by atoms with Crippen LogP contribution in [0.15, 0.2) is 35.2 Å². The third-order valence-corrected chi connectivity index (χ3v) is 10.8. The number of piperidine rings is 2. The average Bonchev–Trinajstić information content (AvgIpc) is 3.00. The fraction of sp³-hybridized carbons (Fsp3) is 0.500. The lowest BCUT2D eigenvalue weighted by Crippen LogP contribution is -2.54. The standard InChI is InChI=1S/C30H35Cl2F3N4O6S/c1-3-46(44,45)26-7-6-19(31)13-25(26)38(2)28(41)18-11-22(30(33,34)35)21(23(32)12-18)16-39-10-4-5-17(15-39)27(40)37-24-8-9-36-14-20(24)29(42)43/h6-7,11-13,17,20,24,36H,3-5,8-10,14-16H2,1-2H3,(H,37,40)(H,42,43)/t17-,20?,24?/m0/s1. The molecule has 2 saturated heterocycles. The summed E-state index contributed by atoms with van der Waals surface area (Å²) < 4.78 is 68.6. The van der Waals surface area contributed by atoms with Crippen LogP contribution in [0, 0.1) is 11.8 Å². The van der Waals surface area contributed by atoms with Crippen LogP contribution in [-0.2, 0) is 32.1 Å². The van der Waals surface area contributed by atoms with Gasteiger partial charge in [0.2, 0.25) is 5.91 Å². The van der Waals surface area contributed by atoms with Crippen molar-refractivity contribution in [1.29, 1.82) is 0 Å². The summed E-state index contributed by atoms with van der Waals surface area (Å²) in [6.45, 7) is 2.48. The second-order valence-corrected chi connectivity index (χ2v) is 14.6. The topological polar surface area (TPSA) is 136 Å². The molecule has 3 atom stereocenters. The number of sulfone groups is 1. The molecule has 0 spiro atoms. The molecular weight excluding hydrogens is 672 g/mol. The first-order valence-corrected chi connectivity index (χ1v) is 17.1. The van der Waals surface area contributed by atoms with Crippen LogP contribution in [-0.4, -0.2) is 81.2 Å². The molecule has 0 saturated carbocycles. The van der Waals surface area contributed by atoms with Gasteiger partial charge in [0.25, 0.3) is 5.91 Å². The molecule has 46 heavy (non-hydrogen) atoms. The minimum atomic E-state index is -4.89. The predicted molar refractivity (Wildman–Crippen MR) is 167 cm³/mol. The SMILES string of the molecule is CCS(=O)(=O)c1ccc(Cl)cc1N(C)C(=O)c1cc(Cl)c(CN2CCC[C@H](C(=O)NC3CCNCC3C(=O)O)C2)c(C(F)(F)F)c1. The number of alkyl halides is 3. The van der Waals surface area contributed by atoms with Crippen molar-refractivity contribution in [3.8, 4) is 0 Å². The van der Waals surface area contributed by atoms with Crippen molar-refractivity contribution in [1.82, 2.24) is 15.5 Å².